The van der Waals surface area contributed by atoms with Gasteiger partial charge in [-0.1, -0.05) is 6.92 Å². The van der Waals surface area contributed by atoms with E-state index in [1.807, 2.05) is 23.9 Å². The first kappa shape index (κ1) is 14.3. The van der Waals surface area contributed by atoms with Crippen molar-refractivity contribution in [2.45, 2.75) is 25.8 Å². The number of rotatable bonds is 5. The van der Waals surface area contributed by atoms with E-state index in [4.69, 9.17) is 16.3 Å². The van der Waals surface area contributed by atoms with Crippen LogP contribution in [0.1, 0.15) is 24.0 Å². The Morgan fingerprint density at radius 2 is 2.21 bits per heavy atom. The maximum atomic E-state index is 5.71. The van der Waals surface area contributed by atoms with E-state index in [0.29, 0.717) is 12.5 Å². The van der Waals surface area contributed by atoms with Crippen LogP contribution in [-0.2, 0) is 26.0 Å². The van der Waals surface area contributed by atoms with Crippen molar-refractivity contribution < 1.29 is 4.74 Å². The van der Waals surface area contributed by atoms with Gasteiger partial charge in [0.05, 0.1) is 33.6 Å². The predicted octanol–water partition coefficient (Wildman–Crippen LogP) is 3.46. The summed E-state index contributed by atoms with van der Waals surface area (Å²) in [7, 11) is 1.91. The molecule has 0 saturated heterocycles. The van der Waals surface area contributed by atoms with Crippen molar-refractivity contribution in [3.8, 4) is 5.75 Å². The second kappa shape index (κ2) is 6.39. The van der Waals surface area contributed by atoms with Crippen LogP contribution in [0.15, 0.2) is 22.8 Å². The molecule has 2 rings (SSSR count). The Bertz CT molecular complexity index is 554. The molecule has 0 aliphatic rings. The quantitative estimate of drug-likeness (QED) is 0.780. The Kier molecular flexibility index (Phi) is 4.82. The first-order valence-electron chi connectivity index (χ1n) is 5.99. The molecule has 0 spiro atoms. The highest BCUT2D eigenvalue weighted by Gasteiger charge is 2.12. The van der Waals surface area contributed by atoms with Gasteiger partial charge in [-0.3, -0.25) is 9.67 Å². The van der Waals surface area contributed by atoms with E-state index in [2.05, 4.69) is 32.9 Å². The van der Waals surface area contributed by atoms with Crippen LogP contribution < -0.4 is 4.74 Å². The van der Waals surface area contributed by atoms with Crippen molar-refractivity contribution in [3.63, 3.8) is 0 Å². The maximum Gasteiger partial charge on any atom is 0.138 e. The topological polar surface area (TPSA) is 39.9 Å². The van der Waals surface area contributed by atoms with Crippen LogP contribution >= 0.6 is 27.5 Å². The minimum atomic E-state index is 0.410. The standard InChI is InChI=1S/C13H15BrClN3O/c1-3-11-13(14)12(18(2)17-11)8-19-10-5-4-9(6-15)16-7-10/h4-5,7H,3,6,8H2,1-2H3. The monoisotopic (exact) mass is 343 g/mol. The van der Waals surface area contributed by atoms with Crippen molar-refractivity contribution in [3.05, 3.63) is 39.9 Å². The number of ether oxygens (including phenoxy) is 1. The number of aromatic nitrogens is 3. The molecule has 0 aromatic carbocycles. The minimum Gasteiger partial charge on any atom is -0.486 e. The van der Waals surface area contributed by atoms with Crippen LogP contribution in [0, 0.1) is 0 Å². The van der Waals surface area contributed by atoms with Gasteiger partial charge in [0.15, 0.2) is 0 Å². The molecular formula is C13H15BrClN3O. The largest absolute Gasteiger partial charge is 0.486 e. The van der Waals surface area contributed by atoms with Gasteiger partial charge in [-0.15, -0.1) is 11.6 Å². The second-order valence-electron chi connectivity index (χ2n) is 4.09. The molecule has 0 bridgehead atoms. The number of halogens is 2. The summed E-state index contributed by atoms with van der Waals surface area (Å²) in [6, 6.07) is 3.73. The minimum absolute atomic E-state index is 0.410. The van der Waals surface area contributed by atoms with E-state index in [1.165, 1.54) is 0 Å². The predicted molar refractivity (Wildman–Crippen MR) is 78.4 cm³/mol. The van der Waals surface area contributed by atoms with Crippen LogP contribution in [0.5, 0.6) is 5.75 Å². The van der Waals surface area contributed by atoms with Gasteiger partial charge in [-0.2, -0.15) is 5.10 Å². The Morgan fingerprint density at radius 1 is 1.42 bits per heavy atom. The molecule has 0 amide bonds. The zero-order valence-electron chi connectivity index (χ0n) is 10.9. The number of hydrogen-bond acceptors (Lipinski definition) is 3. The lowest BCUT2D eigenvalue weighted by Gasteiger charge is -2.07. The fraction of sp³-hybridized carbons (Fsp3) is 0.385. The number of aryl methyl sites for hydroxylation is 2. The van der Waals surface area contributed by atoms with Gasteiger partial charge < -0.3 is 4.74 Å². The molecule has 102 valence electrons. The van der Waals surface area contributed by atoms with E-state index < -0.39 is 0 Å². The highest BCUT2D eigenvalue weighted by atomic mass is 79.9. The molecule has 0 atom stereocenters. The van der Waals surface area contributed by atoms with E-state index in [9.17, 15) is 0 Å². The summed E-state index contributed by atoms with van der Waals surface area (Å²) in [5.41, 5.74) is 2.89. The molecule has 19 heavy (non-hydrogen) atoms. The van der Waals surface area contributed by atoms with Gasteiger partial charge in [0.25, 0.3) is 0 Å². The summed E-state index contributed by atoms with van der Waals surface area (Å²) < 4.78 is 8.57. The zero-order chi connectivity index (χ0) is 13.8. The van der Waals surface area contributed by atoms with Crippen LogP contribution in [0.3, 0.4) is 0 Å². The molecule has 0 radical (unpaired) electrons. The van der Waals surface area contributed by atoms with Gasteiger partial charge in [0, 0.05) is 7.05 Å². The molecule has 2 aromatic heterocycles. The van der Waals surface area contributed by atoms with Crippen molar-refractivity contribution in [1.82, 2.24) is 14.8 Å². The van der Waals surface area contributed by atoms with Gasteiger partial charge in [0.2, 0.25) is 0 Å². The molecule has 0 aliphatic carbocycles. The van der Waals surface area contributed by atoms with Crippen LogP contribution in [0.2, 0.25) is 0 Å². The molecule has 4 nitrogen and oxygen atoms in total. The first-order valence-corrected chi connectivity index (χ1v) is 7.32. The fourth-order valence-corrected chi connectivity index (χ4v) is 2.59. The van der Waals surface area contributed by atoms with Crippen molar-refractivity contribution in [2.24, 2.45) is 7.05 Å². The molecule has 0 N–H and O–H groups in total. The summed E-state index contributed by atoms with van der Waals surface area (Å²) >= 11 is 9.25. The normalized spacial score (nSPS) is 10.7. The molecule has 0 saturated carbocycles. The molecule has 2 heterocycles. The van der Waals surface area contributed by atoms with E-state index >= 15 is 0 Å². The van der Waals surface area contributed by atoms with Crippen LogP contribution in [0.25, 0.3) is 0 Å². The van der Waals surface area contributed by atoms with Gasteiger partial charge >= 0.3 is 0 Å². The maximum absolute atomic E-state index is 5.71. The van der Waals surface area contributed by atoms with Crippen molar-refractivity contribution in [2.75, 3.05) is 0 Å². The summed E-state index contributed by atoms with van der Waals surface area (Å²) in [4.78, 5) is 4.18. The number of alkyl halides is 1. The lowest BCUT2D eigenvalue weighted by Crippen LogP contribution is -2.04. The first-order chi connectivity index (χ1) is 9.15. The van der Waals surface area contributed by atoms with Crippen molar-refractivity contribution in [1.29, 1.82) is 0 Å². The fourth-order valence-electron chi connectivity index (χ4n) is 1.70. The molecule has 0 aliphatic heterocycles. The highest BCUT2D eigenvalue weighted by molar-refractivity contribution is 9.10. The number of nitrogens with zero attached hydrogens (tertiary/aromatic N) is 3. The van der Waals surface area contributed by atoms with Crippen LogP contribution in [-0.4, -0.2) is 14.8 Å². The van der Waals surface area contributed by atoms with Gasteiger partial charge in [-0.25, -0.2) is 0 Å². The smallest absolute Gasteiger partial charge is 0.138 e. The summed E-state index contributed by atoms with van der Waals surface area (Å²) in [5, 5.41) is 4.43. The molecule has 6 heteroatoms. The lowest BCUT2D eigenvalue weighted by molar-refractivity contribution is 0.293. The Hall–Kier alpha value is -1.07. The van der Waals surface area contributed by atoms with E-state index in [1.54, 1.807) is 6.20 Å². The third kappa shape index (κ3) is 3.28. The summed E-state index contributed by atoms with van der Waals surface area (Å²) in [6.45, 7) is 2.53. The van der Waals surface area contributed by atoms with Crippen LogP contribution in [0.4, 0.5) is 0 Å². The van der Waals surface area contributed by atoms with Gasteiger partial charge in [0.1, 0.15) is 12.4 Å². The molecular weight excluding hydrogens is 330 g/mol. The second-order valence-corrected chi connectivity index (χ2v) is 5.15. The molecule has 2 aromatic rings. The summed E-state index contributed by atoms with van der Waals surface area (Å²) in [5.74, 6) is 1.13. The van der Waals surface area contributed by atoms with Gasteiger partial charge in [-0.05, 0) is 34.5 Å². The number of hydrogen-bond donors (Lipinski definition) is 0. The third-order valence-corrected chi connectivity index (χ3v) is 4.00. The Morgan fingerprint density at radius 3 is 2.74 bits per heavy atom. The average Bonchev–Trinajstić information content (AvgIpc) is 2.72. The Labute approximate surface area is 125 Å². The van der Waals surface area contributed by atoms with E-state index in [-0.39, 0.29) is 0 Å². The highest BCUT2D eigenvalue weighted by Crippen LogP contribution is 2.23. The number of pyridine rings is 1. The summed E-state index contributed by atoms with van der Waals surface area (Å²) in [6.07, 6.45) is 2.57. The van der Waals surface area contributed by atoms with Crippen molar-refractivity contribution >= 4 is 27.5 Å². The third-order valence-electron chi connectivity index (χ3n) is 2.81. The molecule has 0 fully saturated rings. The lowest BCUT2D eigenvalue weighted by atomic mass is 10.3. The molecule has 0 unspecified atom stereocenters. The van der Waals surface area contributed by atoms with E-state index in [0.717, 1.165) is 33.7 Å². The SMILES string of the molecule is CCc1nn(C)c(COc2ccc(CCl)nc2)c1Br. The zero-order valence-corrected chi connectivity index (χ0v) is 13.2. The Balaban J connectivity index is 2.07. The average molecular weight is 345 g/mol.